The molecule has 1 heterocycles. The maximum Gasteiger partial charge on any atom is 0.264 e. The highest BCUT2D eigenvalue weighted by molar-refractivity contribution is 7.14. The number of amides is 1. The van der Waals surface area contributed by atoms with Crippen LogP contribution < -0.4 is 10.1 Å². The Morgan fingerprint density at radius 3 is 2.57 bits per heavy atom. The Balaban J connectivity index is 1.84. The van der Waals surface area contributed by atoms with Crippen molar-refractivity contribution in [3.8, 4) is 5.75 Å². The summed E-state index contributed by atoms with van der Waals surface area (Å²) in [6.07, 6.45) is 0.962. The molecule has 0 aliphatic heterocycles. The summed E-state index contributed by atoms with van der Waals surface area (Å²) in [6.45, 7) is 3.41. The average molecular weight is 304 g/mol. The van der Waals surface area contributed by atoms with Crippen molar-refractivity contribution < 1.29 is 14.3 Å². The molecule has 1 aromatic heterocycles. The highest BCUT2D eigenvalue weighted by atomic mass is 32.1. The Labute approximate surface area is 127 Å². The van der Waals surface area contributed by atoms with Crippen LogP contribution >= 0.6 is 11.3 Å². The molecule has 0 bridgehead atoms. The second-order valence-corrected chi connectivity index (χ2v) is 5.29. The lowest BCUT2D eigenvalue weighted by Gasteiger charge is -2.06. The first-order valence-corrected chi connectivity index (χ1v) is 7.44. The van der Waals surface area contributed by atoms with E-state index in [4.69, 9.17) is 4.74 Å². The molecule has 1 N–H and O–H groups in total. The van der Waals surface area contributed by atoms with Gasteiger partial charge < -0.3 is 4.74 Å². The number of carbonyl (C=O) groups is 2. The number of aryl methyl sites for hydroxylation is 1. The zero-order valence-electron chi connectivity index (χ0n) is 11.9. The predicted molar refractivity (Wildman–Crippen MR) is 82.1 cm³/mol. The van der Waals surface area contributed by atoms with Crippen LogP contribution in [0.5, 0.6) is 5.75 Å². The number of Topliss-reactive ketones (excluding diaryl/α,β-unsaturated/α-hetero) is 1. The van der Waals surface area contributed by atoms with Gasteiger partial charge in [-0.2, -0.15) is 0 Å². The van der Waals surface area contributed by atoms with E-state index in [0.29, 0.717) is 16.6 Å². The molecule has 6 heteroatoms. The number of ether oxygens (including phenoxy) is 1. The van der Waals surface area contributed by atoms with Crippen molar-refractivity contribution >= 4 is 28.2 Å². The summed E-state index contributed by atoms with van der Waals surface area (Å²) < 4.78 is 5.39. The van der Waals surface area contributed by atoms with Crippen molar-refractivity contribution in [2.45, 2.75) is 20.3 Å². The molecular weight excluding hydrogens is 288 g/mol. The minimum Gasteiger partial charge on any atom is -0.484 e. The minimum absolute atomic E-state index is 0.0968. The minimum atomic E-state index is -0.306. The fourth-order valence-corrected chi connectivity index (χ4v) is 2.38. The van der Waals surface area contributed by atoms with Gasteiger partial charge in [-0.25, -0.2) is 4.98 Å². The first kappa shape index (κ1) is 15.2. The van der Waals surface area contributed by atoms with E-state index >= 15 is 0 Å². The monoisotopic (exact) mass is 304 g/mol. The Morgan fingerprint density at radius 2 is 2.00 bits per heavy atom. The fourth-order valence-electron chi connectivity index (χ4n) is 1.62. The van der Waals surface area contributed by atoms with Gasteiger partial charge in [-0.3, -0.25) is 14.9 Å². The van der Waals surface area contributed by atoms with Gasteiger partial charge in [0, 0.05) is 12.3 Å². The summed E-state index contributed by atoms with van der Waals surface area (Å²) in [7, 11) is 0. The van der Waals surface area contributed by atoms with Crippen LogP contribution in [0.15, 0.2) is 29.6 Å². The van der Waals surface area contributed by atoms with Crippen molar-refractivity contribution in [2.75, 3.05) is 11.9 Å². The Morgan fingerprint density at radius 1 is 1.29 bits per heavy atom. The van der Waals surface area contributed by atoms with E-state index in [-0.39, 0.29) is 18.3 Å². The molecule has 0 spiro atoms. The summed E-state index contributed by atoms with van der Waals surface area (Å²) in [5.41, 5.74) is 1.57. The Hall–Kier alpha value is -2.21. The molecule has 2 rings (SSSR count). The molecule has 1 amide bonds. The number of hydrogen-bond donors (Lipinski definition) is 1. The van der Waals surface area contributed by atoms with E-state index in [0.717, 1.165) is 6.42 Å². The zero-order valence-corrected chi connectivity index (χ0v) is 12.7. The van der Waals surface area contributed by atoms with Gasteiger partial charge in [0.25, 0.3) is 5.91 Å². The van der Waals surface area contributed by atoms with Gasteiger partial charge in [-0.1, -0.05) is 19.1 Å². The standard InChI is InChI=1S/C15H16N2O3S/c1-3-11-4-6-12(7-5-11)20-8-14(19)17-15-16-13(9-21-15)10(2)18/h4-7,9H,3,8H2,1-2H3,(H,16,17,19). The number of ketones is 1. The zero-order chi connectivity index (χ0) is 15.2. The van der Waals surface area contributed by atoms with E-state index in [1.54, 1.807) is 5.38 Å². The molecule has 2 aromatic rings. The lowest BCUT2D eigenvalue weighted by Crippen LogP contribution is -2.20. The number of carbonyl (C=O) groups excluding carboxylic acids is 2. The number of rotatable bonds is 6. The van der Waals surface area contributed by atoms with Crippen LogP contribution in [-0.2, 0) is 11.2 Å². The van der Waals surface area contributed by atoms with Crippen molar-refractivity contribution in [3.05, 3.63) is 40.9 Å². The van der Waals surface area contributed by atoms with Gasteiger partial charge in [0.15, 0.2) is 17.5 Å². The van der Waals surface area contributed by atoms with Crippen LogP contribution in [0.25, 0.3) is 0 Å². The first-order valence-electron chi connectivity index (χ1n) is 6.56. The van der Waals surface area contributed by atoms with E-state index in [1.807, 2.05) is 24.3 Å². The SMILES string of the molecule is CCc1ccc(OCC(=O)Nc2nc(C(C)=O)cs2)cc1. The van der Waals surface area contributed by atoms with Gasteiger partial charge in [0.05, 0.1) is 0 Å². The molecule has 0 unspecified atom stereocenters. The molecule has 110 valence electrons. The summed E-state index contributed by atoms with van der Waals surface area (Å²) in [6, 6.07) is 7.60. The number of benzene rings is 1. The molecule has 21 heavy (non-hydrogen) atoms. The molecule has 0 fully saturated rings. The molecule has 0 aliphatic rings. The molecule has 0 saturated carbocycles. The molecule has 5 nitrogen and oxygen atoms in total. The third-order valence-electron chi connectivity index (χ3n) is 2.81. The average Bonchev–Trinajstić information content (AvgIpc) is 2.94. The number of anilines is 1. The van der Waals surface area contributed by atoms with Gasteiger partial charge in [-0.05, 0) is 24.1 Å². The molecule has 0 aliphatic carbocycles. The lowest BCUT2D eigenvalue weighted by molar-refractivity contribution is -0.118. The largest absolute Gasteiger partial charge is 0.484 e. The highest BCUT2D eigenvalue weighted by Gasteiger charge is 2.09. The summed E-state index contributed by atoms with van der Waals surface area (Å²) in [4.78, 5) is 26.9. The third kappa shape index (κ3) is 4.39. The maximum atomic E-state index is 11.7. The van der Waals surface area contributed by atoms with Crippen LogP contribution in [0.4, 0.5) is 5.13 Å². The van der Waals surface area contributed by atoms with Gasteiger partial charge in [0.2, 0.25) is 0 Å². The Kier molecular flexibility index (Phi) is 5.05. The van der Waals surface area contributed by atoms with Crippen LogP contribution in [0.1, 0.15) is 29.9 Å². The van der Waals surface area contributed by atoms with Crippen molar-refractivity contribution in [2.24, 2.45) is 0 Å². The van der Waals surface area contributed by atoms with Crippen molar-refractivity contribution in [1.82, 2.24) is 4.98 Å². The third-order valence-corrected chi connectivity index (χ3v) is 3.57. The second-order valence-electron chi connectivity index (χ2n) is 4.43. The van der Waals surface area contributed by atoms with Gasteiger partial charge >= 0.3 is 0 Å². The van der Waals surface area contributed by atoms with Gasteiger partial charge in [-0.15, -0.1) is 11.3 Å². The molecule has 0 radical (unpaired) electrons. The summed E-state index contributed by atoms with van der Waals surface area (Å²) in [5, 5.41) is 4.61. The van der Waals surface area contributed by atoms with Crippen molar-refractivity contribution in [1.29, 1.82) is 0 Å². The molecule has 1 aromatic carbocycles. The Bertz CT molecular complexity index is 635. The molecular formula is C15H16N2O3S. The smallest absolute Gasteiger partial charge is 0.264 e. The number of aromatic nitrogens is 1. The first-order chi connectivity index (χ1) is 10.1. The number of hydrogen-bond acceptors (Lipinski definition) is 5. The van der Waals surface area contributed by atoms with Crippen LogP contribution in [-0.4, -0.2) is 23.3 Å². The van der Waals surface area contributed by atoms with Crippen LogP contribution in [0, 0.1) is 0 Å². The van der Waals surface area contributed by atoms with E-state index in [2.05, 4.69) is 17.2 Å². The predicted octanol–water partition coefficient (Wildman–Crippen LogP) is 2.93. The number of nitrogens with one attached hydrogen (secondary N) is 1. The maximum absolute atomic E-state index is 11.7. The van der Waals surface area contributed by atoms with E-state index < -0.39 is 0 Å². The number of thiazole rings is 1. The lowest BCUT2D eigenvalue weighted by atomic mass is 10.2. The second kappa shape index (κ2) is 6.99. The quantitative estimate of drug-likeness (QED) is 0.833. The summed E-state index contributed by atoms with van der Waals surface area (Å²) >= 11 is 1.21. The van der Waals surface area contributed by atoms with Crippen LogP contribution in [0.2, 0.25) is 0 Å². The van der Waals surface area contributed by atoms with Gasteiger partial charge in [0.1, 0.15) is 11.4 Å². The van der Waals surface area contributed by atoms with Crippen molar-refractivity contribution in [3.63, 3.8) is 0 Å². The van der Waals surface area contributed by atoms with E-state index in [1.165, 1.54) is 23.8 Å². The van der Waals surface area contributed by atoms with E-state index in [9.17, 15) is 9.59 Å². The highest BCUT2D eigenvalue weighted by Crippen LogP contribution is 2.16. The summed E-state index contributed by atoms with van der Waals surface area (Å²) in [5.74, 6) is 0.212. The fraction of sp³-hybridized carbons (Fsp3) is 0.267. The number of nitrogens with zero attached hydrogens (tertiary/aromatic N) is 1. The normalized spacial score (nSPS) is 10.2. The molecule has 0 atom stereocenters. The topological polar surface area (TPSA) is 68.3 Å². The van der Waals surface area contributed by atoms with Crippen LogP contribution in [0.3, 0.4) is 0 Å². The molecule has 0 saturated heterocycles.